The van der Waals surface area contributed by atoms with Crippen LogP contribution in [-0.2, 0) is 13.6 Å². The lowest BCUT2D eigenvalue weighted by Crippen LogP contribution is -2.20. The molecule has 0 radical (unpaired) electrons. The summed E-state index contributed by atoms with van der Waals surface area (Å²) in [6.45, 7) is 2.88. The fraction of sp³-hybridized carbons (Fsp3) is 0.400. The Hall–Kier alpha value is -1.62. The number of hydrogen-bond donors (Lipinski definition) is 2. The van der Waals surface area contributed by atoms with Crippen molar-refractivity contribution in [1.29, 1.82) is 0 Å². The van der Waals surface area contributed by atoms with Crippen molar-refractivity contribution in [2.45, 2.75) is 19.5 Å². The van der Waals surface area contributed by atoms with E-state index in [0.717, 1.165) is 12.4 Å². The van der Waals surface area contributed by atoms with Crippen LogP contribution in [0, 0.1) is 0 Å². The molecule has 0 spiro atoms. The van der Waals surface area contributed by atoms with Crippen LogP contribution in [0.15, 0.2) is 24.7 Å². The lowest BCUT2D eigenvalue weighted by Gasteiger charge is -2.11. The molecule has 0 saturated heterocycles. The van der Waals surface area contributed by atoms with Crippen molar-refractivity contribution in [1.82, 2.24) is 25.1 Å². The zero-order chi connectivity index (χ0) is 10.7. The normalized spacial score (nSPS) is 12.9. The molecule has 80 valence electrons. The zero-order valence-electron chi connectivity index (χ0n) is 8.94. The molecule has 0 aliphatic heterocycles. The molecule has 2 rings (SSSR count). The maximum Gasteiger partial charge on any atom is 0.141 e. The van der Waals surface area contributed by atoms with Gasteiger partial charge >= 0.3 is 0 Å². The Labute approximate surface area is 88.5 Å². The first-order valence-electron chi connectivity index (χ1n) is 4.96. The molecular weight excluding hydrogens is 190 g/mol. The highest BCUT2D eigenvalue weighted by atomic mass is 15.2. The first kappa shape index (κ1) is 9.92. The van der Waals surface area contributed by atoms with Crippen LogP contribution in [0.3, 0.4) is 0 Å². The molecule has 2 aromatic heterocycles. The van der Waals surface area contributed by atoms with Gasteiger partial charge in [0, 0.05) is 25.5 Å². The first-order valence-corrected chi connectivity index (χ1v) is 4.96. The van der Waals surface area contributed by atoms with Gasteiger partial charge in [-0.05, 0) is 19.1 Å². The van der Waals surface area contributed by atoms with E-state index in [1.54, 1.807) is 0 Å². The van der Waals surface area contributed by atoms with E-state index in [0.29, 0.717) is 0 Å². The van der Waals surface area contributed by atoms with Crippen LogP contribution >= 0.6 is 0 Å². The topological polar surface area (TPSA) is 58.5 Å². The molecule has 0 saturated carbocycles. The predicted molar refractivity (Wildman–Crippen MR) is 57.1 cm³/mol. The number of aromatic amines is 1. The fourth-order valence-electron chi connectivity index (χ4n) is 1.46. The molecule has 5 heteroatoms. The number of hydrogen-bond acceptors (Lipinski definition) is 3. The van der Waals surface area contributed by atoms with E-state index in [9.17, 15) is 0 Å². The fourth-order valence-corrected chi connectivity index (χ4v) is 1.46. The highest BCUT2D eigenvalue weighted by Gasteiger charge is 2.07. The Morgan fingerprint density at radius 2 is 2.47 bits per heavy atom. The van der Waals surface area contributed by atoms with Crippen molar-refractivity contribution in [2.75, 3.05) is 0 Å². The van der Waals surface area contributed by atoms with Gasteiger partial charge < -0.3 is 9.88 Å². The Kier molecular flexibility index (Phi) is 2.82. The third kappa shape index (κ3) is 2.24. The Balaban J connectivity index is 1.91. The minimum Gasteiger partial charge on any atom is -0.353 e. The standard InChI is InChI=1S/C10H15N5/c1-8(10-12-7-13-14-10)11-6-9-4-3-5-15(9)2/h3-5,7-8,11H,6H2,1-2H3,(H,12,13,14). The Bertz CT molecular complexity index is 403. The summed E-state index contributed by atoms with van der Waals surface area (Å²) in [6, 6.07) is 4.32. The maximum atomic E-state index is 4.10. The lowest BCUT2D eigenvalue weighted by molar-refractivity contribution is 0.534. The van der Waals surface area contributed by atoms with E-state index in [-0.39, 0.29) is 6.04 Å². The largest absolute Gasteiger partial charge is 0.353 e. The van der Waals surface area contributed by atoms with E-state index in [1.807, 2.05) is 19.3 Å². The first-order chi connectivity index (χ1) is 7.27. The van der Waals surface area contributed by atoms with Gasteiger partial charge in [-0.1, -0.05) is 0 Å². The molecule has 2 aromatic rings. The zero-order valence-corrected chi connectivity index (χ0v) is 8.94. The molecule has 2 N–H and O–H groups in total. The summed E-state index contributed by atoms with van der Waals surface area (Å²) in [6.07, 6.45) is 3.56. The number of aromatic nitrogens is 4. The quantitative estimate of drug-likeness (QED) is 0.782. The maximum absolute atomic E-state index is 4.10. The van der Waals surface area contributed by atoms with Crippen molar-refractivity contribution in [3.8, 4) is 0 Å². The highest BCUT2D eigenvalue weighted by Crippen LogP contribution is 2.06. The molecule has 0 aromatic carbocycles. The molecule has 5 nitrogen and oxygen atoms in total. The second-order valence-corrected chi connectivity index (χ2v) is 3.58. The number of H-pyrrole nitrogens is 1. The van der Waals surface area contributed by atoms with Gasteiger partial charge in [0.05, 0.1) is 6.04 Å². The number of nitrogens with one attached hydrogen (secondary N) is 2. The van der Waals surface area contributed by atoms with Crippen LogP contribution in [0.5, 0.6) is 0 Å². The van der Waals surface area contributed by atoms with Gasteiger partial charge in [-0.25, -0.2) is 4.98 Å². The number of aryl methyl sites for hydroxylation is 1. The third-order valence-corrected chi connectivity index (χ3v) is 2.48. The summed E-state index contributed by atoms with van der Waals surface area (Å²) in [7, 11) is 2.04. The molecular formula is C10H15N5. The van der Waals surface area contributed by atoms with E-state index in [2.05, 4.69) is 38.1 Å². The smallest absolute Gasteiger partial charge is 0.141 e. The average Bonchev–Trinajstić information content (AvgIpc) is 2.85. The van der Waals surface area contributed by atoms with Gasteiger partial charge in [0.25, 0.3) is 0 Å². The minimum absolute atomic E-state index is 0.183. The summed E-state index contributed by atoms with van der Waals surface area (Å²) in [5, 5.41) is 10.0. The van der Waals surface area contributed by atoms with Crippen LogP contribution in [0.1, 0.15) is 24.5 Å². The second-order valence-electron chi connectivity index (χ2n) is 3.58. The number of rotatable bonds is 4. The molecule has 0 amide bonds. The van der Waals surface area contributed by atoms with E-state index in [1.165, 1.54) is 12.0 Å². The summed E-state index contributed by atoms with van der Waals surface area (Å²) < 4.78 is 2.10. The summed E-state index contributed by atoms with van der Waals surface area (Å²) in [4.78, 5) is 4.10. The van der Waals surface area contributed by atoms with Crippen molar-refractivity contribution >= 4 is 0 Å². The van der Waals surface area contributed by atoms with Gasteiger partial charge in [-0.15, -0.1) is 0 Å². The highest BCUT2D eigenvalue weighted by molar-refractivity contribution is 5.06. The molecule has 15 heavy (non-hydrogen) atoms. The molecule has 0 bridgehead atoms. The van der Waals surface area contributed by atoms with Gasteiger partial charge in [0.1, 0.15) is 12.2 Å². The second kappa shape index (κ2) is 4.27. The van der Waals surface area contributed by atoms with Crippen LogP contribution < -0.4 is 5.32 Å². The summed E-state index contributed by atoms with van der Waals surface area (Å²) >= 11 is 0. The predicted octanol–water partition coefficient (Wildman–Crippen LogP) is 0.994. The molecule has 0 aliphatic carbocycles. The van der Waals surface area contributed by atoms with Crippen LogP contribution in [-0.4, -0.2) is 19.7 Å². The Morgan fingerprint density at radius 1 is 1.60 bits per heavy atom. The third-order valence-electron chi connectivity index (χ3n) is 2.48. The molecule has 2 heterocycles. The van der Waals surface area contributed by atoms with Gasteiger partial charge in [0.15, 0.2) is 0 Å². The number of nitrogens with zero attached hydrogens (tertiary/aromatic N) is 3. The molecule has 0 aliphatic rings. The van der Waals surface area contributed by atoms with Gasteiger partial charge in [-0.2, -0.15) is 5.10 Å². The molecule has 0 fully saturated rings. The Morgan fingerprint density at radius 3 is 3.07 bits per heavy atom. The SMILES string of the molecule is CC(NCc1cccn1C)c1ncn[nH]1. The van der Waals surface area contributed by atoms with Crippen molar-refractivity contribution in [3.05, 3.63) is 36.2 Å². The van der Waals surface area contributed by atoms with Crippen LogP contribution in [0.2, 0.25) is 0 Å². The van der Waals surface area contributed by atoms with E-state index in [4.69, 9.17) is 0 Å². The van der Waals surface area contributed by atoms with Gasteiger partial charge in [0.2, 0.25) is 0 Å². The summed E-state index contributed by atoms with van der Waals surface area (Å²) in [5.74, 6) is 0.865. The minimum atomic E-state index is 0.183. The molecule has 1 unspecified atom stereocenters. The molecule has 1 atom stereocenters. The van der Waals surface area contributed by atoms with Crippen LogP contribution in [0.25, 0.3) is 0 Å². The van der Waals surface area contributed by atoms with E-state index < -0.39 is 0 Å². The van der Waals surface area contributed by atoms with Crippen LogP contribution in [0.4, 0.5) is 0 Å². The lowest BCUT2D eigenvalue weighted by atomic mass is 10.3. The monoisotopic (exact) mass is 205 g/mol. The van der Waals surface area contributed by atoms with Crippen molar-refractivity contribution in [3.63, 3.8) is 0 Å². The van der Waals surface area contributed by atoms with Crippen molar-refractivity contribution in [2.24, 2.45) is 7.05 Å². The van der Waals surface area contributed by atoms with Crippen molar-refractivity contribution < 1.29 is 0 Å². The summed E-state index contributed by atoms with van der Waals surface area (Å²) in [5.41, 5.74) is 1.25. The van der Waals surface area contributed by atoms with Gasteiger partial charge in [-0.3, -0.25) is 5.10 Å². The average molecular weight is 205 g/mol. The van der Waals surface area contributed by atoms with E-state index >= 15 is 0 Å².